The van der Waals surface area contributed by atoms with E-state index in [1.54, 1.807) is 17.0 Å². The molecule has 0 saturated carbocycles. The zero-order valence-electron chi connectivity index (χ0n) is 10.6. The van der Waals surface area contributed by atoms with Crippen LogP contribution in [0.15, 0.2) is 18.2 Å². The quantitative estimate of drug-likeness (QED) is 0.846. The molecule has 102 valence electrons. The zero-order chi connectivity index (χ0) is 14.0. The molecule has 1 atom stereocenters. The third-order valence-corrected chi connectivity index (χ3v) is 3.60. The second-order valence-electron chi connectivity index (χ2n) is 4.47. The number of nitrogens with two attached hydrogens (primary N) is 1. The van der Waals surface area contributed by atoms with E-state index in [4.69, 9.17) is 34.3 Å². The highest BCUT2D eigenvalue weighted by molar-refractivity contribution is 7.80. The lowest BCUT2D eigenvalue weighted by Gasteiger charge is -2.32. The fraction of sp³-hybridized carbons (Fsp3) is 0.385. The number of carbonyl (C=O) groups is 1. The van der Waals surface area contributed by atoms with Crippen LogP contribution in [0.25, 0.3) is 0 Å². The van der Waals surface area contributed by atoms with Crippen molar-refractivity contribution >= 4 is 34.7 Å². The molecule has 1 heterocycles. The number of halogens is 1. The minimum atomic E-state index is -0.368. The van der Waals surface area contributed by atoms with Gasteiger partial charge in [-0.2, -0.15) is 0 Å². The first-order valence-corrected chi connectivity index (χ1v) is 6.74. The molecular weight excluding hydrogens is 284 g/mol. The topological polar surface area (TPSA) is 55.6 Å². The fourth-order valence-electron chi connectivity index (χ4n) is 2.00. The lowest BCUT2D eigenvalue weighted by atomic mass is 10.1. The summed E-state index contributed by atoms with van der Waals surface area (Å²) in [6.07, 6.45) is -0.368. The molecular formula is C13H15ClN2O2S. The number of ether oxygens (including phenoxy) is 1. The second kappa shape index (κ2) is 5.86. The van der Waals surface area contributed by atoms with Crippen molar-refractivity contribution in [1.82, 2.24) is 4.90 Å². The van der Waals surface area contributed by atoms with Gasteiger partial charge in [0.1, 0.15) is 11.1 Å². The number of carbonyl (C=O) groups excluding carboxylic acids is 1. The zero-order valence-corrected chi connectivity index (χ0v) is 12.1. The Bertz CT molecular complexity index is 521. The van der Waals surface area contributed by atoms with Crippen molar-refractivity contribution < 1.29 is 9.53 Å². The highest BCUT2D eigenvalue weighted by Gasteiger charge is 2.27. The van der Waals surface area contributed by atoms with Crippen LogP contribution in [0, 0.1) is 6.92 Å². The van der Waals surface area contributed by atoms with Gasteiger partial charge >= 0.3 is 0 Å². The summed E-state index contributed by atoms with van der Waals surface area (Å²) in [6.45, 7) is 3.24. The minimum absolute atomic E-state index is 0.0652. The average molecular weight is 299 g/mol. The first-order valence-electron chi connectivity index (χ1n) is 5.95. The summed E-state index contributed by atoms with van der Waals surface area (Å²) in [5.41, 5.74) is 7.07. The Morgan fingerprint density at radius 2 is 2.32 bits per heavy atom. The largest absolute Gasteiger partial charge is 0.391 e. The van der Waals surface area contributed by atoms with Crippen LogP contribution in [-0.2, 0) is 4.74 Å². The number of thiocarbonyl (C=S) groups is 1. The summed E-state index contributed by atoms with van der Waals surface area (Å²) >= 11 is 10.9. The van der Waals surface area contributed by atoms with Crippen molar-refractivity contribution in [3.05, 3.63) is 34.3 Å². The van der Waals surface area contributed by atoms with Gasteiger partial charge in [0.25, 0.3) is 5.91 Å². The van der Waals surface area contributed by atoms with Gasteiger partial charge in [-0.15, -0.1) is 0 Å². The predicted octanol–water partition coefficient (Wildman–Crippen LogP) is 1.78. The summed E-state index contributed by atoms with van der Waals surface area (Å²) in [5, 5.41) is 0.549. The van der Waals surface area contributed by atoms with E-state index in [0.717, 1.165) is 5.56 Å². The molecule has 0 aromatic heterocycles. The Labute approximate surface area is 122 Å². The summed E-state index contributed by atoms with van der Waals surface area (Å²) in [4.78, 5) is 14.4. The van der Waals surface area contributed by atoms with Crippen LogP contribution < -0.4 is 5.73 Å². The highest BCUT2D eigenvalue weighted by atomic mass is 35.5. The van der Waals surface area contributed by atoms with Gasteiger partial charge in [0.2, 0.25) is 0 Å². The van der Waals surface area contributed by atoms with Crippen molar-refractivity contribution in [3.8, 4) is 0 Å². The molecule has 0 spiro atoms. The van der Waals surface area contributed by atoms with E-state index in [1.165, 1.54) is 0 Å². The van der Waals surface area contributed by atoms with Crippen LogP contribution in [0.4, 0.5) is 0 Å². The molecule has 0 bridgehead atoms. The summed E-state index contributed by atoms with van der Waals surface area (Å²) in [5.74, 6) is -0.0652. The van der Waals surface area contributed by atoms with Crippen LogP contribution in [0.2, 0.25) is 5.02 Å². The maximum Gasteiger partial charge on any atom is 0.254 e. The standard InChI is InChI=1S/C13H15ClN2O2S/c1-8-2-3-9(14)6-10(8)13(17)16-4-5-18-11(7-16)12(15)19/h2-3,6,11H,4-5,7H2,1H3,(H2,15,19). The maximum atomic E-state index is 12.5. The van der Waals surface area contributed by atoms with Crippen molar-refractivity contribution in [3.63, 3.8) is 0 Å². The van der Waals surface area contributed by atoms with Gasteiger partial charge < -0.3 is 15.4 Å². The Kier molecular flexibility index (Phi) is 4.39. The molecule has 1 saturated heterocycles. The van der Waals surface area contributed by atoms with Gasteiger partial charge in [0.15, 0.2) is 0 Å². The third-order valence-electron chi connectivity index (χ3n) is 3.10. The summed E-state index contributed by atoms with van der Waals surface area (Å²) in [6, 6.07) is 5.29. The van der Waals surface area contributed by atoms with Crippen molar-refractivity contribution in [2.24, 2.45) is 5.73 Å². The first-order chi connectivity index (χ1) is 8.99. The van der Waals surface area contributed by atoms with Crippen LogP contribution in [0.5, 0.6) is 0 Å². The van der Waals surface area contributed by atoms with Gasteiger partial charge in [0.05, 0.1) is 13.2 Å². The molecule has 19 heavy (non-hydrogen) atoms. The highest BCUT2D eigenvalue weighted by Crippen LogP contribution is 2.18. The lowest BCUT2D eigenvalue weighted by molar-refractivity contribution is 0.00875. The first kappa shape index (κ1) is 14.2. The molecule has 1 fully saturated rings. The minimum Gasteiger partial charge on any atom is -0.391 e. The molecule has 1 aliphatic rings. The van der Waals surface area contributed by atoms with E-state index < -0.39 is 0 Å². The molecule has 2 rings (SSSR count). The van der Waals surface area contributed by atoms with Crippen molar-refractivity contribution in [2.75, 3.05) is 19.7 Å². The second-order valence-corrected chi connectivity index (χ2v) is 5.38. The smallest absolute Gasteiger partial charge is 0.254 e. The van der Waals surface area contributed by atoms with Crippen LogP contribution in [0.3, 0.4) is 0 Å². The molecule has 4 nitrogen and oxygen atoms in total. The van der Waals surface area contributed by atoms with Crippen LogP contribution >= 0.6 is 23.8 Å². The number of amides is 1. The monoisotopic (exact) mass is 298 g/mol. The van der Waals surface area contributed by atoms with Gasteiger partial charge in [-0.3, -0.25) is 4.79 Å². The van der Waals surface area contributed by atoms with Crippen LogP contribution in [0.1, 0.15) is 15.9 Å². The Balaban J connectivity index is 2.19. The van der Waals surface area contributed by atoms with Crippen LogP contribution in [-0.4, -0.2) is 41.6 Å². The average Bonchev–Trinajstić information content (AvgIpc) is 2.41. The van der Waals surface area contributed by atoms with Gasteiger partial charge in [-0.1, -0.05) is 29.9 Å². The molecule has 6 heteroatoms. The Morgan fingerprint density at radius 3 is 3.00 bits per heavy atom. The maximum absolute atomic E-state index is 12.5. The lowest BCUT2D eigenvalue weighted by Crippen LogP contribution is -2.50. The Hall–Kier alpha value is -1.17. The van der Waals surface area contributed by atoms with Gasteiger partial charge in [0, 0.05) is 17.1 Å². The number of nitrogens with zero attached hydrogens (tertiary/aromatic N) is 1. The molecule has 1 unspecified atom stereocenters. The van der Waals surface area contributed by atoms with E-state index in [-0.39, 0.29) is 17.0 Å². The number of benzene rings is 1. The number of aryl methyl sites for hydroxylation is 1. The molecule has 1 amide bonds. The van der Waals surface area contributed by atoms with Crippen molar-refractivity contribution in [1.29, 1.82) is 0 Å². The summed E-state index contributed by atoms with van der Waals surface area (Å²) < 4.78 is 5.42. The van der Waals surface area contributed by atoms with Gasteiger partial charge in [-0.05, 0) is 24.6 Å². The van der Waals surface area contributed by atoms with E-state index in [9.17, 15) is 4.79 Å². The van der Waals surface area contributed by atoms with Gasteiger partial charge in [-0.25, -0.2) is 0 Å². The van der Waals surface area contributed by atoms with E-state index in [1.807, 2.05) is 13.0 Å². The molecule has 0 radical (unpaired) electrons. The number of hydrogen-bond donors (Lipinski definition) is 1. The molecule has 1 aliphatic heterocycles. The predicted molar refractivity (Wildman–Crippen MR) is 78.6 cm³/mol. The molecule has 1 aromatic carbocycles. The van der Waals surface area contributed by atoms with E-state index in [2.05, 4.69) is 0 Å². The number of rotatable bonds is 2. The van der Waals surface area contributed by atoms with E-state index in [0.29, 0.717) is 30.3 Å². The van der Waals surface area contributed by atoms with Crippen molar-refractivity contribution in [2.45, 2.75) is 13.0 Å². The fourth-order valence-corrected chi connectivity index (χ4v) is 2.32. The molecule has 2 N–H and O–H groups in total. The SMILES string of the molecule is Cc1ccc(Cl)cc1C(=O)N1CCOC(C(N)=S)C1. The number of hydrogen-bond acceptors (Lipinski definition) is 3. The third kappa shape index (κ3) is 3.23. The summed E-state index contributed by atoms with van der Waals surface area (Å²) in [7, 11) is 0. The number of morpholine rings is 1. The normalized spacial score (nSPS) is 19.3. The molecule has 0 aliphatic carbocycles. The Morgan fingerprint density at radius 1 is 1.58 bits per heavy atom. The van der Waals surface area contributed by atoms with E-state index >= 15 is 0 Å². The molecule has 1 aromatic rings.